The van der Waals surface area contributed by atoms with Crippen molar-refractivity contribution in [3.63, 3.8) is 0 Å². The van der Waals surface area contributed by atoms with E-state index in [1.165, 1.54) is 0 Å². The van der Waals surface area contributed by atoms with Crippen LogP contribution in [-0.4, -0.2) is 21.3 Å². The van der Waals surface area contributed by atoms with E-state index in [-0.39, 0.29) is 11.9 Å². The highest BCUT2D eigenvalue weighted by Gasteiger charge is 2.15. The maximum Gasteiger partial charge on any atom is 0.270 e. The van der Waals surface area contributed by atoms with Gasteiger partial charge in [-0.3, -0.25) is 9.20 Å². The lowest BCUT2D eigenvalue weighted by atomic mass is 10.1. The number of nitrogens with one attached hydrogen (secondary N) is 1. The van der Waals surface area contributed by atoms with Crippen molar-refractivity contribution < 1.29 is 9.21 Å². The largest absolute Gasteiger partial charge is 0.472 e. The number of halogens is 1. The highest BCUT2D eigenvalue weighted by atomic mass is 79.9. The van der Waals surface area contributed by atoms with E-state index in [0.29, 0.717) is 5.69 Å². The van der Waals surface area contributed by atoms with Crippen LogP contribution in [-0.2, 0) is 6.42 Å². The first-order chi connectivity index (χ1) is 10.1. The molecule has 21 heavy (non-hydrogen) atoms. The first-order valence-electron chi connectivity index (χ1n) is 6.58. The maximum atomic E-state index is 12.4. The summed E-state index contributed by atoms with van der Waals surface area (Å²) in [6, 6.07) is 5.66. The van der Waals surface area contributed by atoms with Crippen LogP contribution in [0.25, 0.3) is 5.65 Å². The quantitative estimate of drug-likeness (QED) is 0.788. The Morgan fingerprint density at radius 3 is 3.14 bits per heavy atom. The van der Waals surface area contributed by atoms with E-state index in [2.05, 4.69) is 26.2 Å². The molecule has 3 heterocycles. The Bertz CT molecular complexity index is 764. The molecule has 0 fully saturated rings. The number of aromatic nitrogens is 2. The summed E-state index contributed by atoms with van der Waals surface area (Å²) in [5.41, 5.74) is 2.30. The number of hydrogen-bond acceptors (Lipinski definition) is 3. The van der Waals surface area contributed by atoms with Crippen LogP contribution in [0.4, 0.5) is 0 Å². The van der Waals surface area contributed by atoms with Gasteiger partial charge in [0.25, 0.3) is 5.91 Å². The molecule has 0 spiro atoms. The van der Waals surface area contributed by atoms with Crippen molar-refractivity contribution in [3.8, 4) is 0 Å². The van der Waals surface area contributed by atoms with Crippen molar-refractivity contribution in [2.45, 2.75) is 19.4 Å². The fourth-order valence-corrected chi connectivity index (χ4v) is 2.70. The topological polar surface area (TPSA) is 59.5 Å². The summed E-state index contributed by atoms with van der Waals surface area (Å²) in [5.74, 6) is -0.142. The Hall–Kier alpha value is -2.08. The first-order valence-corrected chi connectivity index (χ1v) is 7.38. The predicted molar refractivity (Wildman–Crippen MR) is 82.2 cm³/mol. The third-order valence-electron chi connectivity index (χ3n) is 3.22. The van der Waals surface area contributed by atoms with Crippen LogP contribution < -0.4 is 5.32 Å². The number of fused-ring (bicyclic) bond motifs is 1. The smallest absolute Gasteiger partial charge is 0.270 e. The molecule has 0 aliphatic heterocycles. The molecule has 3 aromatic heterocycles. The molecule has 108 valence electrons. The number of nitrogens with zero attached hydrogens (tertiary/aromatic N) is 2. The number of carbonyl (C=O) groups is 1. The van der Waals surface area contributed by atoms with E-state index in [9.17, 15) is 4.79 Å². The fraction of sp³-hybridized carbons (Fsp3) is 0.200. The van der Waals surface area contributed by atoms with Gasteiger partial charge < -0.3 is 9.73 Å². The number of imidazole rings is 1. The minimum atomic E-state index is -0.142. The molecule has 1 N–H and O–H groups in total. The van der Waals surface area contributed by atoms with Crippen LogP contribution in [0.2, 0.25) is 0 Å². The SMILES string of the molecule is CC(Cc1ccoc1)NC(=O)c1cnc2c(Br)cccn12. The zero-order valence-corrected chi connectivity index (χ0v) is 13.0. The number of pyridine rings is 1. The van der Waals surface area contributed by atoms with Gasteiger partial charge in [0.05, 0.1) is 23.2 Å². The van der Waals surface area contributed by atoms with Gasteiger partial charge in [0.2, 0.25) is 0 Å². The van der Waals surface area contributed by atoms with Crippen molar-refractivity contribution in [1.82, 2.24) is 14.7 Å². The van der Waals surface area contributed by atoms with Gasteiger partial charge in [0.15, 0.2) is 5.65 Å². The number of rotatable bonds is 4. The standard InChI is InChI=1S/C15H14BrN3O2/c1-10(7-11-4-6-21-9-11)18-15(20)13-8-17-14-12(16)3-2-5-19(13)14/h2-6,8-10H,7H2,1H3,(H,18,20). The van der Waals surface area contributed by atoms with Gasteiger partial charge in [-0.2, -0.15) is 0 Å². The molecule has 5 nitrogen and oxygen atoms in total. The van der Waals surface area contributed by atoms with Crippen molar-refractivity contribution in [2.24, 2.45) is 0 Å². The van der Waals surface area contributed by atoms with Gasteiger partial charge in [-0.25, -0.2) is 4.98 Å². The predicted octanol–water partition coefficient (Wildman–Crippen LogP) is 3.05. The third-order valence-corrected chi connectivity index (χ3v) is 3.84. The van der Waals surface area contributed by atoms with Gasteiger partial charge in [0.1, 0.15) is 5.69 Å². The summed E-state index contributed by atoms with van der Waals surface area (Å²) in [7, 11) is 0. The van der Waals surface area contributed by atoms with E-state index in [1.54, 1.807) is 23.1 Å². The Kier molecular flexibility index (Phi) is 3.79. The molecule has 0 radical (unpaired) electrons. The number of amides is 1. The fourth-order valence-electron chi connectivity index (χ4n) is 2.26. The highest BCUT2D eigenvalue weighted by Crippen LogP contribution is 2.17. The van der Waals surface area contributed by atoms with Gasteiger partial charge in [-0.15, -0.1) is 0 Å². The molecule has 6 heteroatoms. The summed E-state index contributed by atoms with van der Waals surface area (Å²) < 4.78 is 7.66. The molecular formula is C15H14BrN3O2. The number of carbonyl (C=O) groups excluding carboxylic acids is 1. The zero-order chi connectivity index (χ0) is 14.8. The minimum absolute atomic E-state index is 0.00722. The van der Waals surface area contributed by atoms with E-state index < -0.39 is 0 Å². The number of hydrogen-bond donors (Lipinski definition) is 1. The summed E-state index contributed by atoms with van der Waals surface area (Å²) in [6.45, 7) is 1.96. The third kappa shape index (κ3) is 2.85. The molecule has 0 saturated heterocycles. The Morgan fingerprint density at radius 1 is 1.52 bits per heavy atom. The van der Waals surface area contributed by atoms with Gasteiger partial charge >= 0.3 is 0 Å². The minimum Gasteiger partial charge on any atom is -0.472 e. The summed E-state index contributed by atoms with van der Waals surface area (Å²) in [6.07, 6.45) is 7.45. The molecule has 0 aliphatic rings. The Labute approximate surface area is 130 Å². The molecule has 0 bridgehead atoms. The molecule has 1 atom stereocenters. The average molecular weight is 348 g/mol. The van der Waals surface area contributed by atoms with E-state index in [1.807, 2.05) is 31.3 Å². The van der Waals surface area contributed by atoms with Crippen molar-refractivity contribution in [3.05, 3.63) is 58.8 Å². The average Bonchev–Trinajstić information content (AvgIpc) is 3.08. The normalized spacial score (nSPS) is 12.5. The lowest BCUT2D eigenvalue weighted by Crippen LogP contribution is -2.34. The highest BCUT2D eigenvalue weighted by molar-refractivity contribution is 9.10. The monoisotopic (exact) mass is 347 g/mol. The van der Waals surface area contributed by atoms with Crippen LogP contribution in [0.15, 0.2) is 52.0 Å². The van der Waals surface area contributed by atoms with E-state index in [0.717, 1.165) is 22.1 Å². The first kappa shape index (κ1) is 13.9. The maximum absolute atomic E-state index is 12.4. The lowest BCUT2D eigenvalue weighted by molar-refractivity contribution is 0.0934. The van der Waals surface area contributed by atoms with Crippen LogP contribution in [0, 0.1) is 0 Å². The summed E-state index contributed by atoms with van der Waals surface area (Å²) >= 11 is 3.42. The lowest BCUT2D eigenvalue weighted by Gasteiger charge is -2.12. The van der Waals surface area contributed by atoms with Crippen LogP contribution in [0.3, 0.4) is 0 Å². The number of furan rings is 1. The second kappa shape index (κ2) is 5.73. The molecule has 1 amide bonds. The molecular weight excluding hydrogens is 334 g/mol. The molecule has 0 saturated carbocycles. The Morgan fingerprint density at radius 2 is 2.38 bits per heavy atom. The van der Waals surface area contributed by atoms with Gasteiger partial charge in [0, 0.05) is 12.2 Å². The second-order valence-corrected chi connectivity index (χ2v) is 5.76. The second-order valence-electron chi connectivity index (χ2n) is 4.90. The molecule has 0 aromatic carbocycles. The zero-order valence-electron chi connectivity index (χ0n) is 11.4. The molecule has 3 aromatic rings. The summed E-state index contributed by atoms with van der Waals surface area (Å²) in [4.78, 5) is 16.6. The van der Waals surface area contributed by atoms with Crippen LogP contribution in [0.5, 0.6) is 0 Å². The Balaban J connectivity index is 1.76. The van der Waals surface area contributed by atoms with Crippen molar-refractivity contribution in [1.29, 1.82) is 0 Å². The molecule has 1 unspecified atom stereocenters. The van der Waals surface area contributed by atoms with Gasteiger partial charge in [-0.1, -0.05) is 0 Å². The van der Waals surface area contributed by atoms with Crippen molar-refractivity contribution >= 4 is 27.5 Å². The van der Waals surface area contributed by atoms with Crippen molar-refractivity contribution in [2.75, 3.05) is 0 Å². The van der Waals surface area contributed by atoms with E-state index >= 15 is 0 Å². The van der Waals surface area contributed by atoms with Crippen LogP contribution in [0.1, 0.15) is 23.0 Å². The molecule has 0 aliphatic carbocycles. The van der Waals surface area contributed by atoms with Gasteiger partial charge in [-0.05, 0) is 53.0 Å². The summed E-state index contributed by atoms with van der Waals surface area (Å²) in [5, 5.41) is 2.98. The molecule has 3 rings (SSSR count). The van der Waals surface area contributed by atoms with E-state index in [4.69, 9.17) is 4.42 Å². The van der Waals surface area contributed by atoms with Crippen LogP contribution >= 0.6 is 15.9 Å².